The number of hydrogen-bond donors (Lipinski definition) is 1. The standard InChI is InChI=1S/C12H24N2O.H2/c1-3-11(13-12(15)4-2)7-10-14-8-5-6-9-14;/h11H,3-10H2,1-2H3,(H,13,15);1H. The zero-order valence-electron chi connectivity index (χ0n) is 10.1. The summed E-state index contributed by atoms with van der Waals surface area (Å²) in [7, 11) is 0. The molecule has 0 radical (unpaired) electrons. The van der Waals surface area contributed by atoms with Gasteiger partial charge in [0.25, 0.3) is 0 Å². The fourth-order valence-electron chi connectivity index (χ4n) is 2.05. The first-order chi connectivity index (χ1) is 7.26. The second-order valence-electron chi connectivity index (χ2n) is 4.36. The Labute approximate surface area is 94.7 Å². The number of hydrogen-bond acceptors (Lipinski definition) is 2. The van der Waals surface area contributed by atoms with E-state index in [0.29, 0.717) is 12.5 Å². The van der Waals surface area contributed by atoms with Gasteiger partial charge in [-0.2, -0.15) is 0 Å². The number of rotatable bonds is 6. The Bertz CT molecular complexity index is 193. The highest BCUT2D eigenvalue weighted by Crippen LogP contribution is 2.09. The summed E-state index contributed by atoms with van der Waals surface area (Å²) < 4.78 is 0. The van der Waals surface area contributed by atoms with Crippen LogP contribution in [0.3, 0.4) is 0 Å². The van der Waals surface area contributed by atoms with E-state index in [-0.39, 0.29) is 7.33 Å². The molecule has 1 fully saturated rings. The summed E-state index contributed by atoms with van der Waals surface area (Å²) in [5, 5.41) is 3.07. The summed E-state index contributed by atoms with van der Waals surface area (Å²) in [5.74, 6) is 0.184. The van der Waals surface area contributed by atoms with Crippen molar-refractivity contribution in [3.8, 4) is 0 Å². The van der Waals surface area contributed by atoms with Crippen molar-refractivity contribution in [1.29, 1.82) is 0 Å². The minimum Gasteiger partial charge on any atom is -0.353 e. The number of likely N-dealkylation sites (tertiary alicyclic amines) is 1. The zero-order valence-corrected chi connectivity index (χ0v) is 10.1. The van der Waals surface area contributed by atoms with Gasteiger partial charge in [0.05, 0.1) is 0 Å². The molecule has 0 saturated carbocycles. The van der Waals surface area contributed by atoms with Crippen molar-refractivity contribution in [3.05, 3.63) is 0 Å². The molecule has 3 heteroatoms. The van der Waals surface area contributed by atoms with E-state index < -0.39 is 0 Å². The molecule has 1 aliphatic rings. The number of amides is 1. The lowest BCUT2D eigenvalue weighted by molar-refractivity contribution is -0.121. The van der Waals surface area contributed by atoms with E-state index >= 15 is 0 Å². The van der Waals surface area contributed by atoms with Gasteiger partial charge in [0, 0.05) is 20.4 Å². The van der Waals surface area contributed by atoms with Gasteiger partial charge in [0.2, 0.25) is 5.91 Å². The van der Waals surface area contributed by atoms with Crippen LogP contribution in [0.25, 0.3) is 0 Å². The summed E-state index contributed by atoms with van der Waals surface area (Å²) in [6.45, 7) is 7.69. The van der Waals surface area contributed by atoms with E-state index in [2.05, 4.69) is 17.1 Å². The maximum Gasteiger partial charge on any atom is 0.219 e. The molecule has 1 rings (SSSR count). The molecule has 1 heterocycles. The number of nitrogens with one attached hydrogen (secondary N) is 1. The maximum absolute atomic E-state index is 11.3. The Morgan fingerprint density at radius 1 is 1.40 bits per heavy atom. The first-order valence-corrected chi connectivity index (χ1v) is 6.28. The van der Waals surface area contributed by atoms with Crippen LogP contribution in [0.4, 0.5) is 0 Å². The van der Waals surface area contributed by atoms with Crippen molar-refractivity contribution in [2.75, 3.05) is 19.6 Å². The van der Waals surface area contributed by atoms with Crippen LogP contribution < -0.4 is 5.32 Å². The molecule has 0 aliphatic carbocycles. The lowest BCUT2D eigenvalue weighted by Crippen LogP contribution is -2.36. The van der Waals surface area contributed by atoms with Crippen LogP contribution in [0.2, 0.25) is 0 Å². The average molecular weight is 214 g/mol. The van der Waals surface area contributed by atoms with E-state index in [9.17, 15) is 4.79 Å². The van der Waals surface area contributed by atoms with Crippen molar-refractivity contribution in [2.45, 2.75) is 52.0 Å². The lowest BCUT2D eigenvalue weighted by atomic mass is 10.1. The normalized spacial score (nSPS) is 19.1. The molecule has 0 bridgehead atoms. The summed E-state index contributed by atoms with van der Waals surface area (Å²) in [5.41, 5.74) is 0. The van der Waals surface area contributed by atoms with Gasteiger partial charge in [-0.1, -0.05) is 13.8 Å². The van der Waals surface area contributed by atoms with Gasteiger partial charge in [0.1, 0.15) is 0 Å². The summed E-state index contributed by atoms with van der Waals surface area (Å²) in [4.78, 5) is 13.8. The topological polar surface area (TPSA) is 32.3 Å². The van der Waals surface area contributed by atoms with Crippen molar-refractivity contribution >= 4 is 5.91 Å². The van der Waals surface area contributed by atoms with Crippen LogP contribution >= 0.6 is 0 Å². The molecule has 0 aromatic carbocycles. The van der Waals surface area contributed by atoms with E-state index in [1.807, 2.05) is 6.92 Å². The van der Waals surface area contributed by atoms with E-state index in [4.69, 9.17) is 0 Å². The van der Waals surface area contributed by atoms with Crippen LogP contribution in [-0.4, -0.2) is 36.5 Å². The van der Waals surface area contributed by atoms with E-state index in [1.54, 1.807) is 0 Å². The molecule has 0 spiro atoms. The third-order valence-electron chi connectivity index (χ3n) is 3.17. The fourth-order valence-corrected chi connectivity index (χ4v) is 2.05. The molecule has 0 aromatic rings. The Kier molecular flexibility index (Phi) is 5.69. The van der Waals surface area contributed by atoms with Gasteiger partial charge in [-0.15, -0.1) is 0 Å². The van der Waals surface area contributed by atoms with E-state index in [1.165, 1.54) is 25.9 Å². The van der Waals surface area contributed by atoms with Crippen LogP contribution in [-0.2, 0) is 4.79 Å². The predicted molar refractivity (Wildman–Crippen MR) is 64.9 cm³/mol. The highest BCUT2D eigenvalue weighted by atomic mass is 16.1. The number of carbonyl (C=O) groups excluding carboxylic acids is 1. The molecule has 1 saturated heterocycles. The molecule has 15 heavy (non-hydrogen) atoms. The Morgan fingerprint density at radius 2 is 2.07 bits per heavy atom. The zero-order chi connectivity index (χ0) is 11.1. The Hall–Kier alpha value is -0.570. The third kappa shape index (κ3) is 4.65. The molecule has 1 amide bonds. The second kappa shape index (κ2) is 6.83. The number of nitrogens with zero attached hydrogens (tertiary/aromatic N) is 1. The van der Waals surface area contributed by atoms with Crippen molar-refractivity contribution < 1.29 is 6.22 Å². The Morgan fingerprint density at radius 3 is 2.60 bits per heavy atom. The summed E-state index contributed by atoms with van der Waals surface area (Å²) in [6.07, 6.45) is 5.43. The quantitative estimate of drug-likeness (QED) is 0.733. The second-order valence-corrected chi connectivity index (χ2v) is 4.36. The van der Waals surface area contributed by atoms with Gasteiger partial charge in [-0.3, -0.25) is 4.79 Å². The molecule has 1 N–H and O–H groups in total. The molecule has 1 aliphatic heterocycles. The first kappa shape index (κ1) is 12.5. The largest absolute Gasteiger partial charge is 0.353 e. The summed E-state index contributed by atoms with van der Waals surface area (Å²) >= 11 is 0. The van der Waals surface area contributed by atoms with Crippen molar-refractivity contribution in [1.82, 2.24) is 10.2 Å². The van der Waals surface area contributed by atoms with Crippen LogP contribution in [0, 0.1) is 0 Å². The fraction of sp³-hybridized carbons (Fsp3) is 0.917. The van der Waals surface area contributed by atoms with Crippen molar-refractivity contribution in [3.63, 3.8) is 0 Å². The third-order valence-corrected chi connectivity index (χ3v) is 3.17. The van der Waals surface area contributed by atoms with Crippen LogP contribution in [0.15, 0.2) is 0 Å². The summed E-state index contributed by atoms with van der Waals surface area (Å²) in [6, 6.07) is 0.373. The van der Waals surface area contributed by atoms with Gasteiger partial charge in [-0.25, -0.2) is 0 Å². The molecule has 90 valence electrons. The SMILES string of the molecule is CCC(=O)NC(CC)CCN1CCCC1.[HH]. The lowest BCUT2D eigenvalue weighted by Gasteiger charge is -2.20. The van der Waals surface area contributed by atoms with Gasteiger partial charge in [0.15, 0.2) is 0 Å². The van der Waals surface area contributed by atoms with Crippen LogP contribution in [0.1, 0.15) is 47.4 Å². The molecule has 1 unspecified atom stereocenters. The molecular formula is C12H26N2O. The monoisotopic (exact) mass is 214 g/mol. The van der Waals surface area contributed by atoms with Gasteiger partial charge < -0.3 is 10.2 Å². The maximum atomic E-state index is 11.3. The van der Waals surface area contributed by atoms with Crippen LogP contribution in [0.5, 0.6) is 0 Å². The minimum absolute atomic E-state index is 0. The van der Waals surface area contributed by atoms with Gasteiger partial charge in [-0.05, 0) is 38.8 Å². The molecule has 1 atom stereocenters. The first-order valence-electron chi connectivity index (χ1n) is 6.28. The predicted octanol–water partition coefficient (Wildman–Crippen LogP) is 2.02. The molecule has 0 aromatic heterocycles. The van der Waals surface area contributed by atoms with E-state index in [0.717, 1.165) is 19.4 Å². The smallest absolute Gasteiger partial charge is 0.219 e. The minimum atomic E-state index is 0. The number of carbonyl (C=O) groups is 1. The Balaban J connectivity index is 0.00000225. The van der Waals surface area contributed by atoms with Gasteiger partial charge >= 0.3 is 0 Å². The van der Waals surface area contributed by atoms with Crippen molar-refractivity contribution in [2.24, 2.45) is 0 Å². The highest BCUT2D eigenvalue weighted by Gasteiger charge is 2.14. The molecule has 3 nitrogen and oxygen atoms in total. The highest BCUT2D eigenvalue weighted by molar-refractivity contribution is 5.75. The average Bonchev–Trinajstić information content (AvgIpc) is 2.76. The molecular weight excluding hydrogens is 188 g/mol.